The Morgan fingerprint density at radius 1 is 1.05 bits per heavy atom. The number of amides is 1. The zero-order valence-electron chi connectivity index (χ0n) is 21.9. The zero-order chi connectivity index (χ0) is 29.1. The van der Waals surface area contributed by atoms with E-state index in [1.54, 1.807) is 24.4 Å². The van der Waals surface area contributed by atoms with Gasteiger partial charge in [-0.1, -0.05) is 17.7 Å². The van der Waals surface area contributed by atoms with Crippen LogP contribution in [0.4, 0.5) is 36.3 Å². The number of benzene rings is 2. The van der Waals surface area contributed by atoms with Crippen LogP contribution in [0.15, 0.2) is 48.9 Å². The third kappa shape index (κ3) is 6.47. The largest absolute Gasteiger partial charge is 0.416 e. The van der Waals surface area contributed by atoms with Crippen LogP contribution in [0.3, 0.4) is 0 Å². The Labute approximate surface area is 238 Å². The third-order valence-corrected chi connectivity index (χ3v) is 7.06. The van der Waals surface area contributed by atoms with Gasteiger partial charge in [0, 0.05) is 44.0 Å². The lowest BCUT2D eigenvalue weighted by atomic mass is 10.1. The zero-order valence-corrected chi connectivity index (χ0v) is 22.7. The van der Waals surface area contributed by atoms with Crippen LogP contribution in [0.25, 0.3) is 11.0 Å². The summed E-state index contributed by atoms with van der Waals surface area (Å²) in [5.41, 5.74) is 1.47. The monoisotopic (exact) mass is 586 g/mol. The molecule has 1 amide bonds. The Hall–Kier alpha value is -4.07. The number of aliphatic hydroxyl groups is 1. The second kappa shape index (κ2) is 11.8. The van der Waals surface area contributed by atoms with E-state index >= 15 is 0 Å². The number of anilines is 4. The summed E-state index contributed by atoms with van der Waals surface area (Å²) in [6.45, 7) is 5.53. The van der Waals surface area contributed by atoms with Crippen molar-refractivity contribution in [3.05, 3.63) is 70.6 Å². The van der Waals surface area contributed by atoms with Crippen molar-refractivity contribution in [1.29, 1.82) is 0 Å². The fourth-order valence-electron chi connectivity index (χ4n) is 4.42. The van der Waals surface area contributed by atoms with Crippen LogP contribution in [0.2, 0.25) is 5.02 Å². The van der Waals surface area contributed by atoms with Crippen molar-refractivity contribution in [2.45, 2.75) is 13.1 Å². The van der Waals surface area contributed by atoms with E-state index in [9.17, 15) is 23.1 Å². The Balaban J connectivity index is 1.38. The molecule has 2 aromatic carbocycles. The molecule has 41 heavy (non-hydrogen) atoms. The topological polar surface area (TPSA) is 119 Å². The summed E-state index contributed by atoms with van der Waals surface area (Å²) < 4.78 is 39.5. The van der Waals surface area contributed by atoms with Gasteiger partial charge in [0.05, 0.1) is 29.1 Å². The Morgan fingerprint density at radius 3 is 2.56 bits per heavy atom. The van der Waals surface area contributed by atoms with Crippen LogP contribution >= 0.6 is 11.6 Å². The first-order chi connectivity index (χ1) is 19.6. The van der Waals surface area contributed by atoms with Gasteiger partial charge < -0.3 is 20.6 Å². The van der Waals surface area contributed by atoms with E-state index < -0.39 is 17.6 Å². The molecule has 0 spiro atoms. The highest BCUT2D eigenvalue weighted by atomic mass is 35.5. The van der Waals surface area contributed by atoms with Gasteiger partial charge in [-0.3, -0.25) is 9.69 Å². The Morgan fingerprint density at radius 2 is 1.83 bits per heavy atom. The molecule has 14 heteroatoms. The minimum Gasteiger partial charge on any atom is -0.395 e. The Kier molecular flexibility index (Phi) is 8.20. The number of aromatic nitrogens is 4. The molecule has 3 N–H and O–H groups in total. The van der Waals surface area contributed by atoms with Crippen molar-refractivity contribution in [2.24, 2.45) is 0 Å². The van der Waals surface area contributed by atoms with Gasteiger partial charge in [-0.2, -0.15) is 13.2 Å². The molecule has 0 unspecified atom stereocenters. The second-order valence-electron chi connectivity index (χ2n) is 9.48. The van der Waals surface area contributed by atoms with Crippen LogP contribution in [-0.2, 0) is 6.18 Å². The first-order valence-corrected chi connectivity index (χ1v) is 13.1. The van der Waals surface area contributed by atoms with Crippen LogP contribution in [-0.4, -0.2) is 75.2 Å². The fourth-order valence-corrected chi connectivity index (χ4v) is 4.58. The number of fused-ring (bicyclic) bond motifs is 1. The minimum atomic E-state index is -4.58. The molecule has 5 rings (SSSR count). The summed E-state index contributed by atoms with van der Waals surface area (Å²) in [5, 5.41) is 14.9. The first-order valence-electron chi connectivity index (χ1n) is 12.7. The molecule has 0 radical (unpaired) electrons. The Bertz CT molecular complexity index is 1580. The number of aliphatic hydroxyl groups excluding tert-OH is 1. The van der Waals surface area contributed by atoms with Crippen LogP contribution in [0.5, 0.6) is 0 Å². The number of alkyl halides is 3. The van der Waals surface area contributed by atoms with Gasteiger partial charge in [-0.25, -0.2) is 19.9 Å². The molecular weight excluding hydrogens is 561 g/mol. The smallest absolute Gasteiger partial charge is 0.395 e. The van der Waals surface area contributed by atoms with Gasteiger partial charge in [0.25, 0.3) is 5.91 Å². The molecule has 0 bridgehead atoms. The van der Waals surface area contributed by atoms with Gasteiger partial charge in [0.15, 0.2) is 5.82 Å². The van der Waals surface area contributed by atoms with Gasteiger partial charge in [0.2, 0.25) is 5.95 Å². The average molecular weight is 587 g/mol. The number of hydrogen-bond acceptors (Lipinski definition) is 9. The first kappa shape index (κ1) is 28.5. The van der Waals surface area contributed by atoms with E-state index in [0.717, 1.165) is 36.9 Å². The number of piperazine rings is 1. The molecule has 0 aliphatic carbocycles. The van der Waals surface area contributed by atoms with Gasteiger partial charge in [-0.05, 0) is 42.8 Å². The van der Waals surface area contributed by atoms with Crippen molar-refractivity contribution in [2.75, 3.05) is 54.9 Å². The highest BCUT2D eigenvalue weighted by Crippen LogP contribution is 2.34. The van der Waals surface area contributed by atoms with E-state index in [1.165, 1.54) is 6.33 Å². The average Bonchev–Trinajstić information content (AvgIpc) is 2.95. The summed E-state index contributed by atoms with van der Waals surface area (Å²) in [5.74, 6) is 0.299. The van der Waals surface area contributed by atoms with Crippen molar-refractivity contribution in [3.8, 4) is 0 Å². The fraction of sp³-hybridized carbons (Fsp3) is 0.296. The molecule has 1 aliphatic heterocycles. The van der Waals surface area contributed by atoms with Crippen LogP contribution < -0.4 is 15.5 Å². The number of aryl methyl sites for hydroxylation is 1. The molecule has 10 nitrogen and oxygen atoms in total. The molecule has 214 valence electrons. The molecule has 0 atom stereocenters. The molecule has 3 heterocycles. The number of halogens is 4. The van der Waals surface area contributed by atoms with Crippen LogP contribution in [0.1, 0.15) is 21.5 Å². The van der Waals surface area contributed by atoms with E-state index in [2.05, 4.69) is 35.4 Å². The standard InChI is InChI=1S/C27H26ClF3N8O2/c1-16-2-3-17(25(41)36-21-13-18(27(29,30)31)4-5-19(21)28)12-20(16)35-24-23-22(33-15-34-24)14-32-26(37-23)39-8-6-38(7-9-39)10-11-40/h2-5,12-15,40H,6-11H2,1H3,(H,36,41)(H,33,34,35). The lowest BCUT2D eigenvalue weighted by Crippen LogP contribution is -2.47. The number of rotatable bonds is 7. The van der Waals surface area contributed by atoms with E-state index in [0.29, 0.717) is 48.1 Å². The quantitative estimate of drug-likeness (QED) is 0.287. The molecule has 1 aliphatic rings. The summed E-state index contributed by atoms with van der Waals surface area (Å²) in [7, 11) is 0. The molecule has 4 aromatic rings. The maximum atomic E-state index is 13.2. The molecule has 0 saturated carbocycles. The maximum Gasteiger partial charge on any atom is 0.416 e. The minimum absolute atomic E-state index is 0.0189. The highest BCUT2D eigenvalue weighted by molar-refractivity contribution is 6.34. The van der Waals surface area contributed by atoms with Crippen LogP contribution in [0, 0.1) is 6.92 Å². The lowest BCUT2D eigenvalue weighted by molar-refractivity contribution is -0.137. The van der Waals surface area contributed by atoms with E-state index in [4.69, 9.17) is 16.6 Å². The van der Waals surface area contributed by atoms with Gasteiger partial charge >= 0.3 is 6.18 Å². The van der Waals surface area contributed by atoms with Crippen molar-refractivity contribution in [3.63, 3.8) is 0 Å². The van der Waals surface area contributed by atoms with E-state index in [-0.39, 0.29) is 22.9 Å². The maximum absolute atomic E-state index is 13.2. The summed E-state index contributed by atoms with van der Waals surface area (Å²) in [6.07, 6.45) is -1.58. The number of nitrogens with one attached hydrogen (secondary N) is 2. The summed E-state index contributed by atoms with van der Waals surface area (Å²) >= 11 is 6.05. The number of carbonyl (C=O) groups excluding carboxylic acids is 1. The SMILES string of the molecule is Cc1ccc(C(=O)Nc2cc(C(F)(F)F)ccc2Cl)cc1Nc1ncnc2cnc(N3CCN(CCO)CC3)nc12. The van der Waals surface area contributed by atoms with Gasteiger partial charge in [0.1, 0.15) is 17.4 Å². The van der Waals surface area contributed by atoms with Gasteiger partial charge in [-0.15, -0.1) is 0 Å². The molecule has 1 fully saturated rings. The van der Waals surface area contributed by atoms with E-state index in [1.807, 2.05) is 6.92 Å². The molecule has 1 saturated heterocycles. The second-order valence-corrected chi connectivity index (χ2v) is 9.89. The lowest BCUT2D eigenvalue weighted by Gasteiger charge is -2.34. The molecule has 2 aromatic heterocycles. The highest BCUT2D eigenvalue weighted by Gasteiger charge is 2.31. The van der Waals surface area contributed by atoms with Crippen molar-refractivity contribution < 1.29 is 23.1 Å². The number of carbonyl (C=O) groups is 1. The summed E-state index contributed by atoms with van der Waals surface area (Å²) in [6, 6.07) is 7.58. The predicted molar refractivity (Wildman–Crippen MR) is 150 cm³/mol. The number of β-amino-alcohol motifs (C(OH)–C–C–N with tert-alkyl or cyclic N) is 1. The molecular formula is C27H26ClF3N8O2. The third-order valence-electron chi connectivity index (χ3n) is 6.73. The van der Waals surface area contributed by atoms with Crippen molar-refractivity contribution >= 4 is 51.7 Å². The summed E-state index contributed by atoms with van der Waals surface area (Å²) in [4.78, 5) is 35.0. The number of hydrogen-bond donors (Lipinski definition) is 3. The normalized spacial score (nSPS) is 14.3. The number of nitrogens with zero attached hydrogens (tertiary/aromatic N) is 6. The predicted octanol–water partition coefficient (Wildman–Crippen LogP) is 4.51. The van der Waals surface area contributed by atoms with Crippen molar-refractivity contribution in [1.82, 2.24) is 24.8 Å².